The second kappa shape index (κ2) is 7.86. The molecule has 0 saturated heterocycles. The van der Waals surface area contributed by atoms with Crippen LogP contribution < -0.4 is 15.0 Å². The molecule has 0 fully saturated rings. The Kier molecular flexibility index (Phi) is 5.12. The molecule has 6 heteroatoms. The third-order valence-corrected chi connectivity index (χ3v) is 5.58. The minimum atomic E-state index is -0.162. The summed E-state index contributed by atoms with van der Waals surface area (Å²) in [5.74, 6) is 0.796. The number of thiophene rings is 1. The molecule has 0 unspecified atom stereocenters. The van der Waals surface area contributed by atoms with Crippen molar-refractivity contribution in [2.45, 2.75) is 13.3 Å². The van der Waals surface area contributed by atoms with Gasteiger partial charge < -0.3 is 15.0 Å². The number of hydrogen-bond acceptors (Lipinski definition) is 4. The lowest BCUT2D eigenvalue weighted by Gasteiger charge is -2.20. The van der Waals surface area contributed by atoms with Crippen molar-refractivity contribution in [3.63, 3.8) is 0 Å². The number of hydrogen-bond donors (Lipinski definition) is 1. The summed E-state index contributed by atoms with van der Waals surface area (Å²) in [6.07, 6.45) is 0.798. The molecule has 4 rings (SSSR count). The number of nitrogens with zero attached hydrogens (tertiary/aromatic N) is 1. The predicted octanol–water partition coefficient (Wildman–Crippen LogP) is 4.49. The van der Waals surface area contributed by atoms with E-state index in [1.54, 1.807) is 46.6 Å². The van der Waals surface area contributed by atoms with Crippen molar-refractivity contribution in [3.05, 3.63) is 76.0 Å². The van der Waals surface area contributed by atoms with Crippen LogP contribution in [-0.4, -0.2) is 24.9 Å². The van der Waals surface area contributed by atoms with Gasteiger partial charge in [0.2, 0.25) is 0 Å². The van der Waals surface area contributed by atoms with E-state index in [1.807, 2.05) is 30.5 Å². The van der Waals surface area contributed by atoms with Crippen LogP contribution in [0, 0.1) is 0 Å². The maximum Gasteiger partial charge on any atom is 0.262 e. The standard InChI is InChI=1S/C22H20N2O3S/c1-2-24-18-14-15(21(25)23-12-11-16-6-5-13-28-16)9-10-20(18)27-19-8-4-3-7-17(19)22(24)26/h3-10,13-14H,2,11-12H2,1H3,(H,23,25). The largest absolute Gasteiger partial charge is 0.454 e. The average Bonchev–Trinajstić information content (AvgIpc) is 3.19. The van der Waals surface area contributed by atoms with Gasteiger partial charge in [0.25, 0.3) is 11.8 Å². The lowest BCUT2D eigenvalue weighted by molar-refractivity contribution is 0.0951. The number of para-hydroxylation sites is 1. The van der Waals surface area contributed by atoms with Gasteiger partial charge in [-0.25, -0.2) is 0 Å². The normalized spacial score (nSPS) is 12.6. The van der Waals surface area contributed by atoms with Gasteiger partial charge in [-0.1, -0.05) is 18.2 Å². The van der Waals surface area contributed by atoms with E-state index in [9.17, 15) is 9.59 Å². The molecule has 1 aliphatic rings. The third kappa shape index (κ3) is 3.51. The number of rotatable bonds is 5. The van der Waals surface area contributed by atoms with Crippen molar-refractivity contribution in [1.29, 1.82) is 0 Å². The van der Waals surface area contributed by atoms with Crippen molar-refractivity contribution in [1.82, 2.24) is 5.32 Å². The summed E-state index contributed by atoms with van der Waals surface area (Å²) in [5, 5.41) is 4.97. The first-order valence-electron chi connectivity index (χ1n) is 9.20. The van der Waals surface area contributed by atoms with Gasteiger partial charge in [-0.15, -0.1) is 11.3 Å². The highest BCUT2D eigenvalue weighted by atomic mass is 32.1. The maximum atomic E-state index is 13.0. The molecule has 0 aliphatic carbocycles. The number of nitrogens with one attached hydrogen (secondary N) is 1. The number of ether oxygens (including phenoxy) is 1. The molecule has 3 aromatic rings. The summed E-state index contributed by atoms with van der Waals surface area (Å²) in [5.41, 5.74) is 1.63. The Labute approximate surface area is 167 Å². The van der Waals surface area contributed by atoms with E-state index in [4.69, 9.17) is 4.74 Å². The zero-order valence-corrected chi connectivity index (χ0v) is 16.3. The van der Waals surface area contributed by atoms with Crippen LogP contribution >= 0.6 is 11.3 Å². The molecule has 0 atom stereocenters. The van der Waals surface area contributed by atoms with Gasteiger partial charge in [0.15, 0.2) is 5.75 Å². The topological polar surface area (TPSA) is 58.6 Å². The SMILES string of the molecule is CCN1C(=O)c2ccccc2Oc2ccc(C(=O)NCCc3cccs3)cc21. The zero-order chi connectivity index (χ0) is 19.5. The highest BCUT2D eigenvalue weighted by Gasteiger charge is 2.27. The molecule has 2 aromatic carbocycles. The van der Waals surface area contributed by atoms with E-state index in [0.29, 0.717) is 41.4 Å². The molecule has 5 nitrogen and oxygen atoms in total. The monoisotopic (exact) mass is 392 g/mol. The molecule has 2 amide bonds. The second-order valence-electron chi connectivity index (χ2n) is 6.42. The molecule has 28 heavy (non-hydrogen) atoms. The molecule has 0 saturated carbocycles. The van der Waals surface area contributed by atoms with Crippen LogP contribution in [0.1, 0.15) is 32.5 Å². The molecular formula is C22H20N2O3S. The number of benzene rings is 2. The molecule has 1 N–H and O–H groups in total. The first kappa shape index (κ1) is 18.3. The first-order chi connectivity index (χ1) is 13.7. The first-order valence-corrected chi connectivity index (χ1v) is 10.1. The molecular weight excluding hydrogens is 372 g/mol. The number of anilines is 1. The number of fused-ring (bicyclic) bond motifs is 2. The van der Waals surface area contributed by atoms with Gasteiger partial charge in [-0.2, -0.15) is 0 Å². The highest BCUT2D eigenvalue weighted by molar-refractivity contribution is 7.09. The zero-order valence-electron chi connectivity index (χ0n) is 15.5. The van der Waals surface area contributed by atoms with E-state index < -0.39 is 0 Å². The summed E-state index contributed by atoms with van der Waals surface area (Å²) in [7, 11) is 0. The Balaban J connectivity index is 1.58. The Hall–Kier alpha value is -3.12. The summed E-state index contributed by atoms with van der Waals surface area (Å²) in [6.45, 7) is 2.95. The quantitative estimate of drug-likeness (QED) is 0.696. The smallest absolute Gasteiger partial charge is 0.262 e. The lowest BCUT2D eigenvalue weighted by atomic mass is 10.1. The number of carbonyl (C=O) groups is 2. The van der Waals surface area contributed by atoms with Crippen LogP contribution in [0.15, 0.2) is 60.0 Å². The summed E-state index contributed by atoms with van der Waals surface area (Å²) in [4.78, 5) is 28.4. The fraction of sp³-hybridized carbons (Fsp3) is 0.182. The van der Waals surface area contributed by atoms with Crippen molar-refractivity contribution < 1.29 is 14.3 Å². The molecule has 2 heterocycles. The Morgan fingerprint density at radius 2 is 1.96 bits per heavy atom. The molecule has 1 aromatic heterocycles. The van der Waals surface area contributed by atoms with Crippen LogP contribution in [-0.2, 0) is 6.42 Å². The summed E-state index contributed by atoms with van der Waals surface area (Å²) in [6, 6.07) is 16.4. The minimum Gasteiger partial charge on any atom is -0.454 e. The van der Waals surface area contributed by atoms with Crippen molar-refractivity contribution >= 4 is 28.8 Å². The summed E-state index contributed by atoms with van der Waals surface area (Å²) < 4.78 is 5.98. The Morgan fingerprint density at radius 3 is 2.75 bits per heavy atom. The van der Waals surface area contributed by atoms with Gasteiger partial charge >= 0.3 is 0 Å². The minimum absolute atomic E-state index is 0.132. The van der Waals surface area contributed by atoms with Crippen molar-refractivity contribution in [2.24, 2.45) is 0 Å². The molecule has 0 radical (unpaired) electrons. The summed E-state index contributed by atoms with van der Waals surface area (Å²) >= 11 is 1.68. The fourth-order valence-electron chi connectivity index (χ4n) is 3.23. The van der Waals surface area contributed by atoms with E-state index in [0.717, 1.165) is 6.42 Å². The highest BCUT2D eigenvalue weighted by Crippen LogP contribution is 2.39. The fourth-order valence-corrected chi connectivity index (χ4v) is 3.94. The van der Waals surface area contributed by atoms with Crippen LogP contribution in [0.5, 0.6) is 11.5 Å². The number of amides is 2. The van der Waals surface area contributed by atoms with Crippen LogP contribution in [0.4, 0.5) is 5.69 Å². The Morgan fingerprint density at radius 1 is 1.11 bits per heavy atom. The van der Waals surface area contributed by atoms with E-state index in [-0.39, 0.29) is 11.8 Å². The molecule has 0 bridgehead atoms. The predicted molar refractivity (Wildman–Crippen MR) is 111 cm³/mol. The van der Waals surface area contributed by atoms with Gasteiger partial charge in [0.05, 0.1) is 11.3 Å². The molecule has 0 spiro atoms. The lowest BCUT2D eigenvalue weighted by Crippen LogP contribution is -2.30. The van der Waals surface area contributed by atoms with Crippen LogP contribution in [0.3, 0.4) is 0 Å². The molecule has 1 aliphatic heterocycles. The van der Waals surface area contributed by atoms with Crippen molar-refractivity contribution in [2.75, 3.05) is 18.0 Å². The average molecular weight is 392 g/mol. The Bertz CT molecular complexity index is 1010. The van der Waals surface area contributed by atoms with Gasteiger partial charge in [0, 0.05) is 23.5 Å². The van der Waals surface area contributed by atoms with Gasteiger partial charge in [-0.05, 0) is 55.1 Å². The number of carbonyl (C=O) groups excluding carboxylic acids is 2. The van der Waals surface area contributed by atoms with Gasteiger partial charge in [0.1, 0.15) is 5.75 Å². The second-order valence-corrected chi connectivity index (χ2v) is 7.45. The van der Waals surface area contributed by atoms with E-state index in [1.165, 1.54) is 4.88 Å². The maximum absolute atomic E-state index is 13.0. The van der Waals surface area contributed by atoms with Crippen LogP contribution in [0.2, 0.25) is 0 Å². The third-order valence-electron chi connectivity index (χ3n) is 4.65. The van der Waals surface area contributed by atoms with E-state index in [2.05, 4.69) is 11.4 Å². The van der Waals surface area contributed by atoms with Crippen LogP contribution in [0.25, 0.3) is 0 Å². The van der Waals surface area contributed by atoms with E-state index >= 15 is 0 Å². The van der Waals surface area contributed by atoms with Crippen molar-refractivity contribution in [3.8, 4) is 11.5 Å². The molecule has 142 valence electrons. The van der Waals surface area contributed by atoms with Gasteiger partial charge in [-0.3, -0.25) is 9.59 Å².